The van der Waals surface area contributed by atoms with Gasteiger partial charge in [-0.05, 0) is 18.1 Å². The average molecular weight is 234 g/mol. The van der Waals surface area contributed by atoms with E-state index in [1.165, 1.54) is 4.90 Å². The maximum Gasteiger partial charge on any atom is 0.306 e. The standard InChI is InChI=1S/C13H16NO3/c1-14(2)12(15)10-17-13(16)9-8-11-6-4-3-5-7-11/h3-6H,8-10H2,1-2H3. The highest BCUT2D eigenvalue weighted by atomic mass is 16.5. The van der Waals surface area contributed by atoms with E-state index in [-0.39, 0.29) is 24.9 Å². The molecule has 1 aromatic rings. The third-order valence-corrected chi connectivity index (χ3v) is 2.23. The lowest BCUT2D eigenvalue weighted by molar-refractivity contribution is -0.151. The molecule has 0 aliphatic heterocycles. The van der Waals surface area contributed by atoms with Crippen LogP contribution in [-0.2, 0) is 20.7 Å². The molecule has 0 aliphatic rings. The van der Waals surface area contributed by atoms with E-state index in [1.54, 1.807) is 20.2 Å². The number of rotatable bonds is 5. The molecule has 1 rings (SSSR count). The number of hydrogen-bond donors (Lipinski definition) is 0. The van der Waals surface area contributed by atoms with Gasteiger partial charge < -0.3 is 9.64 Å². The van der Waals surface area contributed by atoms with E-state index in [4.69, 9.17) is 4.74 Å². The maximum atomic E-state index is 11.3. The number of likely N-dealkylation sites (N-methyl/N-ethyl adjacent to an activating group) is 1. The van der Waals surface area contributed by atoms with E-state index in [1.807, 2.05) is 18.2 Å². The fourth-order valence-electron chi connectivity index (χ4n) is 1.17. The van der Waals surface area contributed by atoms with Crippen LogP contribution >= 0.6 is 0 Å². The van der Waals surface area contributed by atoms with Gasteiger partial charge in [-0.15, -0.1) is 0 Å². The summed E-state index contributed by atoms with van der Waals surface area (Å²) < 4.78 is 4.84. The minimum atomic E-state index is -0.363. The van der Waals surface area contributed by atoms with E-state index in [2.05, 4.69) is 6.07 Å². The molecule has 1 radical (unpaired) electrons. The summed E-state index contributed by atoms with van der Waals surface area (Å²) in [5.41, 5.74) is 0.961. The monoisotopic (exact) mass is 234 g/mol. The summed E-state index contributed by atoms with van der Waals surface area (Å²) in [5.74, 6) is -0.581. The van der Waals surface area contributed by atoms with Gasteiger partial charge in [0, 0.05) is 20.5 Å². The van der Waals surface area contributed by atoms with Crippen LogP contribution in [0.5, 0.6) is 0 Å². The Hall–Kier alpha value is -1.84. The van der Waals surface area contributed by atoms with Gasteiger partial charge in [-0.2, -0.15) is 0 Å². The molecule has 91 valence electrons. The molecule has 0 heterocycles. The number of nitrogens with zero attached hydrogens (tertiary/aromatic N) is 1. The summed E-state index contributed by atoms with van der Waals surface area (Å²) in [6, 6.07) is 10.5. The van der Waals surface area contributed by atoms with Crippen molar-refractivity contribution in [1.82, 2.24) is 4.90 Å². The number of esters is 1. The van der Waals surface area contributed by atoms with Gasteiger partial charge in [0.15, 0.2) is 6.61 Å². The van der Waals surface area contributed by atoms with Gasteiger partial charge >= 0.3 is 5.97 Å². The van der Waals surface area contributed by atoms with E-state index in [9.17, 15) is 9.59 Å². The average Bonchev–Trinajstić information content (AvgIpc) is 2.34. The quantitative estimate of drug-likeness (QED) is 0.715. The largest absolute Gasteiger partial charge is 0.456 e. The van der Waals surface area contributed by atoms with Crippen LogP contribution in [0.15, 0.2) is 24.3 Å². The molecule has 0 aromatic heterocycles. The van der Waals surface area contributed by atoms with Gasteiger partial charge in [-0.25, -0.2) is 0 Å². The number of benzene rings is 1. The van der Waals surface area contributed by atoms with Crippen molar-refractivity contribution in [3.63, 3.8) is 0 Å². The number of carbonyl (C=O) groups is 2. The molecule has 0 saturated carbocycles. The number of carbonyl (C=O) groups excluding carboxylic acids is 2. The summed E-state index contributed by atoms with van der Waals surface area (Å²) in [6.07, 6.45) is 0.844. The Kier molecular flexibility index (Phi) is 5.20. The molecule has 0 fully saturated rings. The molecule has 0 spiro atoms. The van der Waals surface area contributed by atoms with E-state index < -0.39 is 0 Å². The van der Waals surface area contributed by atoms with E-state index in [0.29, 0.717) is 6.42 Å². The number of ether oxygens (including phenoxy) is 1. The van der Waals surface area contributed by atoms with E-state index >= 15 is 0 Å². The fraction of sp³-hybridized carbons (Fsp3) is 0.385. The lowest BCUT2D eigenvalue weighted by Crippen LogP contribution is -2.27. The molecule has 1 amide bonds. The second-order valence-corrected chi connectivity index (χ2v) is 3.84. The fourth-order valence-corrected chi connectivity index (χ4v) is 1.17. The Morgan fingerprint density at radius 3 is 2.71 bits per heavy atom. The van der Waals surface area contributed by atoms with Crippen LogP contribution in [0, 0.1) is 6.07 Å². The van der Waals surface area contributed by atoms with Crippen molar-refractivity contribution in [1.29, 1.82) is 0 Å². The van der Waals surface area contributed by atoms with Crippen LogP contribution in [0.1, 0.15) is 12.0 Å². The summed E-state index contributed by atoms with van der Waals surface area (Å²) in [4.78, 5) is 23.9. The SMILES string of the molecule is CN(C)C(=O)COC(=O)CCc1[c]cccc1. The van der Waals surface area contributed by atoms with Crippen molar-refractivity contribution in [2.75, 3.05) is 20.7 Å². The summed E-state index contributed by atoms with van der Waals surface area (Å²) in [7, 11) is 3.24. The number of hydrogen-bond acceptors (Lipinski definition) is 3. The first-order valence-electron chi connectivity index (χ1n) is 5.41. The van der Waals surface area contributed by atoms with Crippen LogP contribution in [0.25, 0.3) is 0 Å². The highest BCUT2D eigenvalue weighted by molar-refractivity contribution is 5.80. The van der Waals surface area contributed by atoms with E-state index in [0.717, 1.165) is 5.56 Å². The van der Waals surface area contributed by atoms with Crippen molar-refractivity contribution in [2.24, 2.45) is 0 Å². The summed E-state index contributed by atoms with van der Waals surface area (Å²) >= 11 is 0. The van der Waals surface area contributed by atoms with Gasteiger partial charge in [0.1, 0.15) is 0 Å². The predicted octanol–water partition coefficient (Wildman–Crippen LogP) is 1.05. The van der Waals surface area contributed by atoms with Gasteiger partial charge in [0.25, 0.3) is 5.91 Å². The van der Waals surface area contributed by atoms with Crippen LogP contribution in [0.2, 0.25) is 0 Å². The van der Waals surface area contributed by atoms with Gasteiger partial charge in [0.2, 0.25) is 0 Å². The first kappa shape index (κ1) is 13.2. The molecular weight excluding hydrogens is 218 g/mol. The first-order chi connectivity index (χ1) is 8.09. The Morgan fingerprint density at radius 1 is 1.35 bits per heavy atom. The maximum absolute atomic E-state index is 11.3. The molecule has 4 heteroatoms. The Morgan fingerprint density at radius 2 is 2.12 bits per heavy atom. The predicted molar refractivity (Wildman–Crippen MR) is 63.3 cm³/mol. The second kappa shape index (κ2) is 6.68. The molecule has 0 N–H and O–H groups in total. The zero-order valence-electron chi connectivity index (χ0n) is 10.1. The smallest absolute Gasteiger partial charge is 0.306 e. The van der Waals surface area contributed by atoms with Crippen molar-refractivity contribution >= 4 is 11.9 Å². The Labute approximate surface area is 101 Å². The molecule has 1 aromatic carbocycles. The number of amides is 1. The molecule has 0 aliphatic carbocycles. The van der Waals surface area contributed by atoms with Crippen molar-refractivity contribution in [3.8, 4) is 0 Å². The molecule has 4 nitrogen and oxygen atoms in total. The first-order valence-corrected chi connectivity index (χ1v) is 5.41. The Bertz CT molecular complexity index is 374. The van der Waals surface area contributed by atoms with Gasteiger partial charge in [0.05, 0.1) is 0 Å². The van der Waals surface area contributed by atoms with Crippen LogP contribution in [-0.4, -0.2) is 37.5 Å². The molecular formula is C13H16NO3. The van der Waals surface area contributed by atoms with Crippen molar-refractivity contribution < 1.29 is 14.3 Å². The third-order valence-electron chi connectivity index (χ3n) is 2.23. The minimum absolute atomic E-state index is 0.190. The lowest BCUT2D eigenvalue weighted by Gasteiger charge is -2.10. The summed E-state index contributed by atoms with van der Waals surface area (Å²) in [5, 5.41) is 0. The van der Waals surface area contributed by atoms with Crippen molar-refractivity contribution in [2.45, 2.75) is 12.8 Å². The van der Waals surface area contributed by atoms with Gasteiger partial charge in [-0.1, -0.05) is 24.3 Å². The lowest BCUT2D eigenvalue weighted by atomic mass is 10.1. The third kappa shape index (κ3) is 5.15. The summed E-state index contributed by atoms with van der Waals surface area (Å²) in [6.45, 7) is -0.190. The zero-order chi connectivity index (χ0) is 12.7. The van der Waals surface area contributed by atoms with Gasteiger partial charge in [-0.3, -0.25) is 9.59 Å². The molecule has 0 bridgehead atoms. The molecule has 0 unspecified atom stereocenters. The highest BCUT2D eigenvalue weighted by Gasteiger charge is 2.08. The topological polar surface area (TPSA) is 46.6 Å². The normalized spacial score (nSPS) is 9.76. The minimum Gasteiger partial charge on any atom is -0.456 e. The molecule has 0 saturated heterocycles. The number of aryl methyl sites for hydroxylation is 1. The highest BCUT2D eigenvalue weighted by Crippen LogP contribution is 2.02. The van der Waals surface area contributed by atoms with Crippen LogP contribution < -0.4 is 0 Å². The molecule has 0 atom stereocenters. The second-order valence-electron chi connectivity index (χ2n) is 3.84. The molecule has 17 heavy (non-hydrogen) atoms. The zero-order valence-corrected chi connectivity index (χ0v) is 10.1. The Balaban J connectivity index is 2.24. The van der Waals surface area contributed by atoms with Crippen molar-refractivity contribution in [3.05, 3.63) is 35.9 Å². The van der Waals surface area contributed by atoms with Crippen LogP contribution in [0.4, 0.5) is 0 Å². The van der Waals surface area contributed by atoms with Crippen LogP contribution in [0.3, 0.4) is 0 Å².